The van der Waals surface area contributed by atoms with Crippen molar-refractivity contribution >= 4 is 40.2 Å². The van der Waals surface area contributed by atoms with Crippen LogP contribution < -0.4 is 11.1 Å². The molecule has 4 N–H and O–H groups in total. The van der Waals surface area contributed by atoms with Crippen LogP contribution >= 0.6 is 11.3 Å². The fourth-order valence-electron chi connectivity index (χ4n) is 5.71. The summed E-state index contributed by atoms with van der Waals surface area (Å²) in [6.45, 7) is 5.08. The predicted molar refractivity (Wildman–Crippen MR) is 174 cm³/mol. The maximum Gasteiger partial charge on any atom is 0.337 e. The van der Waals surface area contributed by atoms with Crippen molar-refractivity contribution in [2.75, 3.05) is 26.4 Å². The normalized spacial score (nSPS) is 16.3. The summed E-state index contributed by atoms with van der Waals surface area (Å²) in [6, 6.07) is 8.07. The number of aliphatic hydroxyl groups excluding tert-OH is 1. The lowest BCUT2D eigenvalue weighted by molar-refractivity contribution is -0.159. The number of aliphatic hydroxyl groups is 1. The van der Waals surface area contributed by atoms with Crippen molar-refractivity contribution in [3.63, 3.8) is 0 Å². The Morgan fingerprint density at radius 3 is 2.31 bits per heavy atom. The summed E-state index contributed by atoms with van der Waals surface area (Å²) in [5.74, 6) is -2.58. The predicted octanol–water partition coefficient (Wildman–Crippen LogP) is 3.72. The fourth-order valence-corrected chi connectivity index (χ4v) is 6.29. The van der Waals surface area contributed by atoms with Gasteiger partial charge in [-0.25, -0.2) is 9.78 Å². The highest BCUT2D eigenvalue weighted by atomic mass is 32.1. The summed E-state index contributed by atoms with van der Waals surface area (Å²) in [4.78, 5) is 60.8. The van der Waals surface area contributed by atoms with Crippen LogP contribution in [-0.4, -0.2) is 82.5 Å². The number of nitrogens with zero attached hydrogens (tertiary/aromatic N) is 3. The number of rotatable bonds is 15. The van der Waals surface area contributed by atoms with E-state index in [2.05, 4.69) is 10.3 Å². The molecule has 1 aliphatic carbocycles. The van der Waals surface area contributed by atoms with Gasteiger partial charge in [0.1, 0.15) is 6.54 Å². The van der Waals surface area contributed by atoms with Gasteiger partial charge in [0, 0.05) is 32.3 Å². The fraction of sp³-hybridized carbons (Fsp3) is 0.606. The van der Waals surface area contributed by atoms with Gasteiger partial charge in [0.2, 0.25) is 17.7 Å². The Morgan fingerprint density at radius 2 is 1.73 bits per heavy atom. The molecule has 45 heavy (non-hydrogen) atoms. The molecule has 0 spiro atoms. The van der Waals surface area contributed by atoms with Gasteiger partial charge in [-0.1, -0.05) is 62.4 Å². The number of likely N-dealkylation sites (N-methyl/N-ethyl adjacent to an activating group) is 1. The molecule has 0 saturated heterocycles. The van der Waals surface area contributed by atoms with E-state index in [-0.39, 0.29) is 37.1 Å². The van der Waals surface area contributed by atoms with Crippen LogP contribution in [0.25, 0.3) is 0 Å². The van der Waals surface area contributed by atoms with Gasteiger partial charge in [0.15, 0.2) is 11.2 Å². The molecule has 1 aromatic carbocycles. The number of nitrogens with two attached hydrogens (primary N) is 1. The zero-order chi connectivity index (χ0) is 33.1. The van der Waals surface area contributed by atoms with Gasteiger partial charge in [-0.15, -0.1) is 11.3 Å². The molecule has 2 aromatic rings. The first-order chi connectivity index (χ1) is 21.3. The van der Waals surface area contributed by atoms with Gasteiger partial charge in [-0.3, -0.25) is 14.4 Å². The third-order valence-corrected chi connectivity index (χ3v) is 9.03. The number of nitrogens with one attached hydrogen (secondary N) is 1. The highest BCUT2D eigenvalue weighted by Gasteiger charge is 2.36. The van der Waals surface area contributed by atoms with E-state index in [1.807, 2.05) is 37.3 Å². The Bertz CT molecular complexity index is 1260. The quantitative estimate of drug-likeness (QED) is 0.248. The maximum atomic E-state index is 14.0. The number of hydrogen-bond donors (Lipinski definition) is 3. The second kappa shape index (κ2) is 17.3. The number of amides is 3. The first-order valence-corrected chi connectivity index (χ1v) is 16.7. The highest BCUT2D eigenvalue weighted by Crippen LogP contribution is 2.29. The van der Waals surface area contributed by atoms with Crippen molar-refractivity contribution in [2.24, 2.45) is 11.8 Å². The van der Waals surface area contributed by atoms with Crippen LogP contribution in [0.3, 0.4) is 0 Å². The summed E-state index contributed by atoms with van der Waals surface area (Å²) in [5.41, 5.74) is 7.28. The van der Waals surface area contributed by atoms with Crippen LogP contribution in [-0.2, 0) is 30.3 Å². The molecule has 0 aliphatic heterocycles. The maximum absolute atomic E-state index is 14.0. The first-order valence-electron chi connectivity index (χ1n) is 15.8. The zero-order valence-electron chi connectivity index (χ0n) is 27.1. The van der Waals surface area contributed by atoms with E-state index in [0.717, 1.165) is 37.7 Å². The average molecular weight is 644 g/mol. The number of benzene rings is 1. The number of anilines is 1. The summed E-state index contributed by atoms with van der Waals surface area (Å²) >= 11 is 1.24. The van der Waals surface area contributed by atoms with Gasteiger partial charge in [-0.2, -0.15) is 0 Å². The molecule has 0 radical (unpaired) electrons. The lowest BCUT2D eigenvalue weighted by Crippen LogP contribution is -2.51. The Labute approximate surface area is 270 Å². The van der Waals surface area contributed by atoms with Crippen molar-refractivity contribution in [3.05, 3.63) is 47.0 Å². The molecular formula is C33H49N5O6S. The molecule has 1 saturated carbocycles. The van der Waals surface area contributed by atoms with E-state index in [9.17, 15) is 24.3 Å². The third kappa shape index (κ3) is 11.1. The second-order valence-electron chi connectivity index (χ2n) is 12.5. The van der Waals surface area contributed by atoms with Crippen LogP contribution in [0.5, 0.6) is 0 Å². The SMILES string of the molecule is CC(C)OC(=O)[C@H](O)[C@H](CC1CCCCC1)NC(=O)[C@@H](CC(=O)N(CC(=O)N(C)C)[C@@H](C)c1ccccc1)Cc1csc(N)n1. The van der Waals surface area contributed by atoms with E-state index in [4.69, 9.17) is 10.5 Å². The lowest BCUT2D eigenvalue weighted by Gasteiger charge is -2.32. The number of esters is 1. The molecule has 4 atom stereocenters. The van der Waals surface area contributed by atoms with Gasteiger partial charge in [0.05, 0.1) is 29.8 Å². The molecule has 12 heteroatoms. The number of ether oxygens (including phenoxy) is 1. The molecule has 3 rings (SSSR count). The molecule has 1 heterocycles. The average Bonchev–Trinajstić information content (AvgIpc) is 3.42. The zero-order valence-corrected chi connectivity index (χ0v) is 27.9. The van der Waals surface area contributed by atoms with E-state index >= 15 is 0 Å². The van der Waals surface area contributed by atoms with Crippen molar-refractivity contribution in [1.29, 1.82) is 0 Å². The summed E-state index contributed by atoms with van der Waals surface area (Å²) in [7, 11) is 3.26. The summed E-state index contributed by atoms with van der Waals surface area (Å²) in [5, 5.41) is 16.1. The monoisotopic (exact) mass is 643 g/mol. The number of thiazole rings is 1. The van der Waals surface area contributed by atoms with Crippen molar-refractivity contribution in [3.8, 4) is 0 Å². The van der Waals surface area contributed by atoms with Gasteiger partial charge in [0.25, 0.3) is 0 Å². The first kappa shape index (κ1) is 36.0. The molecule has 0 unspecified atom stereocenters. The standard InChI is InChI=1S/C33H49N5O6S/c1-21(2)44-32(43)30(41)27(16-23-12-8-6-9-13-23)36-31(42)25(17-26-20-45-33(34)35-26)18-28(39)38(19-29(40)37(4)5)22(3)24-14-10-7-11-15-24/h7,10-11,14-15,20-23,25,27,30,41H,6,8-9,12-13,16-19H2,1-5H3,(H2,34,35)(H,36,42)/t22-,25+,27-,30+/m0/s1. The van der Waals surface area contributed by atoms with Crippen LogP contribution in [0.2, 0.25) is 0 Å². The van der Waals surface area contributed by atoms with E-state index in [1.54, 1.807) is 33.3 Å². The minimum absolute atomic E-state index is 0.114. The van der Waals surface area contributed by atoms with Crippen molar-refractivity contribution in [2.45, 2.75) is 96.4 Å². The molecule has 248 valence electrons. The number of aromatic nitrogens is 1. The Hall–Kier alpha value is -3.51. The van der Waals surface area contributed by atoms with Crippen molar-refractivity contribution in [1.82, 2.24) is 20.1 Å². The molecular weight excluding hydrogens is 594 g/mol. The Balaban J connectivity index is 1.89. The molecule has 1 fully saturated rings. The number of carbonyl (C=O) groups is 4. The summed E-state index contributed by atoms with van der Waals surface area (Å²) in [6.07, 6.45) is 3.47. The van der Waals surface area contributed by atoms with Crippen LogP contribution in [0.4, 0.5) is 5.13 Å². The van der Waals surface area contributed by atoms with Gasteiger partial charge in [-0.05, 0) is 38.7 Å². The molecule has 11 nitrogen and oxygen atoms in total. The van der Waals surface area contributed by atoms with E-state index < -0.39 is 42.1 Å². The molecule has 1 aromatic heterocycles. The topological polar surface area (TPSA) is 155 Å². The summed E-state index contributed by atoms with van der Waals surface area (Å²) < 4.78 is 5.28. The highest BCUT2D eigenvalue weighted by molar-refractivity contribution is 7.13. The van der Waals surface area contributed by atoms with Crippen LogP contribution in [0, 0.1) is 11.8 Å². The second-order valence-corrected chi connectivity index (χ2v) is 13.4. The van der Waals surface area contributed by atoms with Gasteiger partial charge >= 0.3 is 5.97 Å². The van der Waals surface area contributed by atoms with Gasteiger partial charge < -0.3 is 30.7 Å². The number of carbonyl (C=O) groups excluding carboxylic acids is 4. The number of nitrogen functional groups attached to an aromatic ring is 1. The van der Waals surface area contributed by atoms with Crippen molar-refractivity contribution < 1.29 is 29.0 Å². The minimum Gasteiger partial charge on any atom is -0.461 e. The van der Waals surface area contributed by atoms with Crippen LogP contribution in [0.15, 0.2) is 35.7 Å². The lowest BCUT2D eigenvalue weighted by atomic mass is 9.83. The molecule has 3 amide bonds. The Morgan fingerprint density at radius 1 is 1.07 bits per heavy atom. The molecule has 1 aliphatic rings. The smallest absolute Gasteiger partial charge is 0.337 e. The van der Waals surface area contributed by atoms with E-state index in [1.165, 1.54) is 21.1 Å². The largest absolute Gasteiger partial charge is 0.461 e. The third-order valence-electron chi connectivity index (χ3n) is 8.31. The number of hydrogen-bond acceptors (Lipinski definition) is 9. The van der Waals surface area contributed by atoms with Crippen LogP contribution in [0.1, 0.15) is 83.0 Å². The molecule has 0 bridgehead atoms. The minimum atomic E-state index is -1.56. The van der Waals surface area contributed by atoms with E-state index in [0.29, 0.717) is 17.2 Å². The Kier molecular flexibility index (Phi) is 13.8.